The van der Waals surface area contributed by atoms with Gasteiger partial charge in [0.15, 0.2) is 0 Å². The van der Waals surface area contributed by atoms with Gasteiger partial charge >= 0.3 is 5.97 Å². The van der Waals surface area contributed by atoms with Gasteiger partial charge in [-0.25, -0.2) is 0 Å². The molecule has 1 atom stereocenters. The van der Waals surface area contributed by atoms with Crippen molar-refractivity contribution in [2.45, 2.75) is 26.4 Å². The molecule has 4 heteroatoms. The van der Waals surface area contributed by atoms with Gasteiger partial charge in [-0.15, -0.1) is 0 Å². The minimum atomic E-state index is -0.397. The number of para-hydroxylation sites is 1. The van der Waals surface area contributed by atoms with Gasteiger partial charge in [-0.1, -0.05) is 55.5 Å². The predicted octanol–water partition coefficient (Wildman–Crippen LogP) is 3.35. The van der Waals surface area contributed by atoms with Crippen LogP contribution in [0.3, 0.4) is 0 Å². The molecule has 1 aliphatic rings. The fraction of sp³-hybridized carbons (Fsp3) is 0.300. The SMILES string of the molecule is CCc1ccccc1N1C[C@@H](C(=O)OCc2ccccc2)CC1=O. The topological polar surface area (TPSA) is 46.6 Å². The molecule has 124 valence electrons. The molecule has 1 fully saturated rings. The number of rotatable bonds is 5. The van der Waals surface area contributed by atoms with Crippen LogP contribution in [0.25, 0.3) is 0 Å². The molecule has 2 aromatic rings. The van der Waals surface area contributed by atoms with E-state index in [2.05, 4.69) is 6.92 Å². The van der Waals surface area contributed by atoms with Crippen LogP contribution in [0, 0.1) is 5.92 Å². The Bertz CT molecular complexity index is 727. The number of esters is 1. The smallest absolute Gasteiger partial charge is 0.311 e. The van der Waals surface area contributed by atoms with Crippen molar-refractivity contribution < 1.29 is 14.3 Å². The number of anilines is 1. The summed E-state index contributed by atoms with van der Waals surface area (Å²) in [6.45, 7) is 2.70. The highest BCUT2D eigenvalue weighted by Crippen LogP contribution is 2.29. The van der Waals surface area contributed by atoms with Crippen molar-refractivity contribution >= 4 is 17.6 Å². The molecule has 24 heavy (non-hydrogen) atoms. The molecule has 0 unspecified atom stereocenters. The van der Waals surface area contributed by atoms with Gasteiger partial charge in [0.2, 0.25) is 5.91 Å². The van der Waals surface area contributed by atoms with Crippen molar-refractivity contribution in [1.29, 1.82) is 0 Å². The molecule has 1 amide bonds. The van der Waals surface area contributed by atoms with E-state index in [-0.39, 0.29) is 24.9 Å². The number of hydrogen-bond donors (Lipinski definition) is 0. The summed E-state index contributed by atoms with van der Waals surface area (Å²) in [5, 5.41) is 0. The Kier molecular flexibility index (Phi) is 4.94. The minimum Gasteiger partial charge on any atom is -0.461 e. The molecule has 0 bridgehead atoms. The number of nitrogens with zero attached hydrogens (tertiary/aromatic N) is 1. The van der Waals surface area contributed by atoms with Crippen molar-refractivity contribution in [1.82, 2.24) is 0 Å². The van der Waals surface area contributed by atoms with Crippen molar-refractivity contribution in [3.05, 3.63) is 65.7 Å². The lowest BCUT2D eigenvalue weighted by Gasteiger charge is -2.19. The van der Waals surface area contributed by atoms with E-state index in [9.17, 15) is 9.59 Å². The van der Waals surface area contributed by atoms with E-state index in [1.54, 1.807) is 4.90 Å². The van der Waals surface area contributed by atoms with Crippen LogP contribution in [0.1, 0.15) is 24.5 Å². The molecule has 0 spiro atoms. The van der Waals surface area contributed by atoms with Crippen LogP contribution in [-0.4, -0.2) is 18.4 Å². The van der Waals surface area contributed by atoms with Crippen molar-refractivity contribution in [2.75, 3.05) is 11.4 Å². The quantitative estimate of drug-likeness (QED) is 0.793. The summed E-state index contributed by atoms with van der Waals surface area (Å²) in [7, 11) is 0. The van der Waals surface area contributed by atoms with Crippen molar-refractivity contribution in [3.8, 4) is 0 Å². The lowest BCUT2D eigenvalue weighted by molar-refractivity contribution is -0.149. The summed E-state index contributed by atoms with van der Waals surface area (Å²) in [4.78, 5) is 26.4. The fourth-order valence-corrected chi connectivity index (χ4v) is 3.02. The minimum absolute atomic E-state index is 0.0161. The van der Waals surface area contributed by atoms with E-state index in [4.69, 9.17) is 4.74 Å². The van der Waals surface area contributed by atoms with Crippen LogP contribution < -0.4 is 4.90 Å². The summed E-state index contributed by atoms with van der Waals surface area (Å²) in [5.74, 6) is -0.715. The number of ether oxygens (including phenoxy) is 1. The fourth-order valence-electron chi connectivity index (χ4n) is 3.02. The summed E-state index contributed by atoms with van der Waals surface area (Å²) < 4.78 is 5.38. The number of hydrogen-bond acceptors (Lipinski definition) is 3. The van der Waals surface area contributed by atoms with Gasteiger partial charge < -0.3 is 9.64 Å². The van der Waals surface area contributed by atoms with E-state index in [1.807, 2.05) is 54.6 Å². The van der Waals surface area contributed by atoms with E-state index in [0.29, 0.717) is 6.54 Å². The largest absolute Gasteiger partial charge is 0.461 e. The van der Waals surface area contributed by atoms with E-state index in [0.717, 1.165) is 23.2 Å². The zero-order valence-electron chi connectivity index (χ0n) is 13.8. The Labute approximate surface area is 142 Å². The van der Waals surface area contributed by atoms with Gasteiger partial charge in [-0.3, -0.25) is 9.59 Å². The van der Waals surface area contributed by atoms with Gasteiger partial charge in [0.1, 0.15) is 6.61 Å². The first-order valence-electron chi connectivity index (χ1n) is 8.28. The maximum Gasteiger partial charge on any atom is 0.311 e. The summed E-state index contributed by atoms with van der Waals surface area (Å²) in [6, 6.07) is 17.4. The second-order valence-electron chi connectivity index (χ2n) is 5.98. The highest BCUT2D eigenvalue weighted by atomic mass is 16.5. The third-order valence-corrected chi connectivity index (χ3v) is 4.35. The first-order chi connectivity index (χ1) is 11.7. The Hall–Kier alpha value is -2.62. The molecular weight excluding hydrogens is 302 g/mol. The van der Waals surface area contributed by atoms with Gasteiger partial charge in [0.25, 0.3) is 0 Å². The molecule has 3 rings (SSSR count). The second-order valence-corrected chi connectivity index (χ2v) is 5.98. The molecule has 0 aromatic heterocycles. The lowest BCUT2D eigenvalue weighted by atomic mass is 10.1. The zero-order valence-corrected chi connectivity index (χ0v) is 13.8. The number of amides is 1. The highest BCUT2D eigenvalue weighted by molar-refractivity contribution is 6.00. The summed E-state index contributed by atoms with van der Waals surface area (Å²) in [6.07, 6.45) is 1.06. The number of aryl methyl sites for hydroxylation is 1. The van der Waals surface area contributed by atoms with Crippen molar-refractivity contribution in [3.63, 3.8) is 0 Å². The predicted molar refractivity (Wildman–Crippen MR) is 92.5 cm³/mol. The van der Waals surface area contributed by atoms with Crippen molar-refractivity contribution in [2.24, 2.45) is 5.92 Å². The van der Waals surface area contributed by atoms with E-state index < -0.39 is 5.92 Å². The monoisotopic (exact) mass is 323 g/mol. The van der Waals surface area contributed by atoms with E-state index >= 15 is 0 Å². The Morgan fingerprint density at radius 2 is 1.83 bits per heavy atom. The number of carbonyl (C=O) groups excluding carboxylic acids is 2. The average molecular weight is 323 g/mol. The molecule has 0 saturated carbocycles. The Morgan fingerprint density at radius 1 is 1.12 bits per heavy atom. The zero-order chi connectivity index (χ0) is 16.9. The summed E-state index contributed by atoms with van der Waals surface area (Å²) >= 11 is 0. The second kappa shape index (κ2) is 7.30. The molecule has 0 radical (unpaired) electrons. The van der Waals surface area contributed by atoms with Crippen LogP contribution in [0.5, 0.6) is 0 Å². The molecule has 0 N–H and O–H groups in total. The number of carbonyl (C=O) groups is 2. The normalized spacial score (nSPS) is 17.1. The molecule has 1 heterocycles. The van der Waals surface area contributed by atoms with Gasteiger partial charge in [-0.05, 0) is 23.6 Å². The standard InChI is InChI=1S/C20H21NO3/c1-2-16-10-6-7-11-18(16)21-13-17(12-19(21)22)20(23)24-14-15-8-4-3-5-9-15/h3-11,17H,2,12-14H2,1H3/t17-/m0/s1. The lowest BCUT2D eigenvalue weighted by Crippen LogP contribution is -2.27. The van der Waals surface area contributed by atoms with Crippen LogP contribution in [0.2, 0.25) is 0 Å². The highest BCUT2D eigenvalue weighted by Gasteiger charge is 2.36. The first-order valence-corrected chi connectivity index (χ1v) is 8.28. The molecule has 1 aliphatic heterocycles. The Morgan fingerprint density at radius 3 is 2.58 bits per heavy atom. The van der Waals surface area contributed by atoms with E-state index in [1.165, 1.54) is 0 Å². The number of benzene rings is 2. The van der Waals surface area contributed by atoms with Gasteiger partial charge in [0, 0.05) is 18.7 Å². The molecule has 0 aliphatic carbocycles. The molecule has 2 aromatic carbocycles. The molecule has 1 saturated heterocycles. The molecule has 4 nitrogen and oxygen atoms in total. The summed E-state index contributed by atoms with van der Waals surface area (Å²) in [5.41, 5.74) is 2.97. The molecular formula is C20H21NO3. The maximum atomic E-state index is 12.4. The first kappa shape index (κ1) is 16.2. The third-order valence-electron chi connectivity index (χ3n) is 4.35. The van der Waals surface area contributed by atoms with Gasteiger partial charge in [0.05, 0.1) is 5.92 Å². The van der Waals surface area contributed by atoms with Crippen LogP contribution in [0.15, 0.2) is 54.6 Å². The van der Waals surface area contributed by atoms with Crippen LogP contribution in [-0.2, 0) is 27.4 Å². The Balaban J connectivity index is 1.65. The van der Waals surface area contributed by atoms with Crippen LogP contribution >= 0.6 is 0 Å². The van der Waals surface area contributed by atoms with Crippen LogP contribution in [0.4, 0.5) is 5.69 Å². The maximum absolute atomic E-state index is 12.4. The average Bonchev–Trinajstić information content (AvgIpc) is 3.02. The van der Waals surface area contributed by atoms with Gasteiger partial charge in [-0.2, -0.15) is 0 Å². The third kappa shape index (κ3) is 3.48.